The number of benzene rings is 2. The Morgan fingerprint density at radius 1 is 0.964 bits per heavy atom. The molecule has 5 rings (SSSR count). The summed E-state index contributed by atoms with van der Waals surface area (Å²) in [5.41, 5.74) is 3.33. The van der Waals surface area contributed by atoms with Crippen LogP contribution in [-0.2, 0) is 6.42 Å². The molecule has 142 valence electrons. The maximum Gasteiger partial charge on any atom is 0.231 e. The second kappa shape index (κ2) is 7.36. The number of Topliss-reactive ketones (excluding diaryl/α,β-unsaturated/α-hetero) is 1. The number of carbonyl (C=O) groups is 1. The Hall–Kier alpha value is -2.73. The lowest BCUT2D eigenvalue weighted by molar-refractivity contribution is -0.706. The van der Waals surface area contributed by atoms with E-state index in [4.69, 9.17) is 9.47 Å². The number of nitrogens with zero attached hydrogens (tertiary/aromatic N) is 1. The van der Waals surface area contributed by atoms with Crippen LogP contribution in [-0.4, -0.2) is 19.0 Å². The minimum absolute atomic E-state index is 0. The molecule has 0 saturated heterocycles. The maximum absolute atomic E-state index is 13.5. The van der Waals surface area contributed by atoms with E-state index in [0.717, 1.165) is 28.2 Å². The molecule has 0 amide bonds. The normalized spacial score (nSPS) is 17.0. The third kappa shape index (κ3) is 3.07. The van der Waals surface area contributed by atoms with Gasteiger partial charge in [-0.05, 0) is 35.4 Å². The number of ether oxygens (including phenoxy) is 2. The summed E-state index contributed by atoms with van der Waals surface area (Å²) in [7, 11) is 0. The Morgan fingerprint density at radius 3 is 2.57 bits per heavy atom. The molecule has 1 aromatic heterocycles. The van der Waals surface area contributed by atoms with Crippen molar-refractivity contribution in [2.45, 2.75) is 12.5 Å². The highest BCUT2D eigenvalue weighted by Gasteiger charge is 2.37. The Kier molecular flexibility index (Phi) is 4.89. The fraction of sp³-hybridized carbons (Fsp3) is 0.182. The van der Waals surface area contributed by atoms with Gasteiger partial charge in [0.15, 0.2) is 23.9 Å². The Bertz CT molecular complexity index is 1050. The van der Waals surface area contributed by atoms with Crippen LogP contribution >= 0.6 is 0 Å². The zero-order valence-corrected chi connectivity index (χ0v) is 16.5. The van der Waals surface area contributed by atoms with Crippen LogP contribution in [0.1, 0.15) is 22.0 Å². The van der Waals surface area contributed by atoms with E-state index in [-0.39, 0.29) is 34.6 Å². The number of aromatic nitrogens is 1. The number of ketones is 1. The summed E-state index contributed by atoms with van der Waals surface area (Å²) < 4.78 is 26.8. The second-order valence-electron chi connectivity index (χ2n) is 6.75. The van der Waals surface area contributed by atoms with Crippen molar-refractivity contribution in [3.05, 3.63) is 77.9 Å². The maximum atomic E-state index is 13.5. The van der Waals surface area contributed by atoms with Gasteiger partial charge in [-0.25, -0.2) is 4.39 Å². The molecule has 0 spiro atoms. The van der Waals surface area contributed by atoms with E-state index < -0.39 is 0 Å². The summed E-state index contributed by atoms with van der Waals surface area (Å²) in [4.78, 5) is 12.7. The summed E-state index contributed by atoms with van der Waals surface area (Å²) in [6.07, 6.45) is 4.29. The van der Waals surface area contributed by atoms with Crippen LogP contribution in [0.3, 0.4) is 0 Å². The van der Waals surface area contributed by atoms with Crippen LogP contribution in [0.25, 0.3) is 11.1 Å². The average Bonchev–Trinajstić information content (AvgIpc) is 3.03. The van der Waals surface area contributed by atoms with E-state index in [1.165, 1.54) is 12.1 Å². The molecule has 2 aromatic carbocycles. The molecule has 0 fully saturated rings. The van der Waals surface area contributed by atoms with Crippen LogP contribution < -0.4 is 31.0 Å². The highest BCUT2D eigenvalue weighted by atomic mass is 79.9. The van der Waals surface area contributed by atoms with Crippen molar-refractivity contribution >= 4 is 5.78 Å². The third-order valence-corrected chi connectivity index (χ3v) is 5.14. The molecule has 1 unspecified atom stereocenters. The van der Waals surface area contributed by atoms with Gasteiger partial charge in [0, 0.05) is 29.7 Å². The van der Waals surface area contributed by atoms with Crippen LogP contribution in [0.4, 0.5) is 4.39 Å². The molecule has 2 heterocycles. The Balaban J connectivity index is 0.00000192. The predicted molar refractivity (Wildman–Crippen MR) is 96.5 cm³/mol. The molecule has 1 aliphatic heterocycles. The first-order chi connectivity index (χ1) is 13.2. The number of fused-ring (bicyclic) bond motifs is 2. The molecule has 0 bridgehead atoms. The molecular weight excluding hydrogens is 425 g/mol. The van der Waals surface area contributed by atoms with Gasteiger partial charge in [0.25, 0.3) is 0 Å². The zero-order chi connectivity index (χ0) is 18.4. The van der Waals surface area contributed by atoms with Gasteiger partial charge in [0.1, 0.15) is 19.0 Å². The summed E-state index contributed by atoms with van der Waals surface area (Å²) in [5, 5.41) is 0. The summed E-state index contributed by atoms with van der Waals surface area (Å²) >= 11 is 0. The van der Waals surface area contributed by atoms with E-state index in [1.54, 1.807) is 6.07 Å². The fourth-order valence-electron chi connectivity index (χ4n) is 3.82. The molecule has 3 aromatic rings. The first kappa shape index (κ1) is 18.6. The number of halogens is 2. The molecule has 1 atom stereocenters. The van der Waals surface area contributed by atoms with E-state index in [0.29, 0.717) is 25.2 Å². The van der Waals surface area contributed by atoms with Crippen molar-refractivity contribution < 1.29 is 40.2 Å². The zero-order valence-electron chi connectivity index (χ0n) is 14.9. The molecule has 2 aliphatic rings. The van der Waals surface area contributed by atoms with Gasteiger partial charge in [-0.2, -0.15) is 4.57 Å². The molecule has 0 radical (unpaired) electrons. The van der Waals surface area contributed by atoms with Crippen LogP contribution in [0.15, 0.2) is 60.9 Å². The first-order valence-electron chi connectivity index (χ1n) is 8.93. The number of carbonyl (C=O) groups excluding carboxylic acids is 1. The lowest BCUT2D eigenvalue weighted by Gasteiger charge is -2.20. The van der Waals surface area contributed by atoms with Gasteiger partial charge in [-0.3, -0.25) is 4.79 Å². The molecule has 1 aliphatic carbocycles. The van der Waals surface area contributed by atoms with E-state index >= 15 is 0 Å². The monoisotopic (exact) mass is 441 g/mol. The largest absolute Gasteiger partial charge is 1.00 e. The van der Waals surface area contributed by atoms with Crippen LogP contribution in [0, 0.1) is 5.82 Å². The molecule has 6 heteroatoms. The minimum atomic E-state index is -0.333. The van der Waals surface area contributed by atoms with Crippen molar-refractivity contribution in [3.63, 3.8) is 0 Å². The topological polar surface area (TPSA) is 39.4 Å². The highest BCUT2D eigenvalue weighted by Crippen LogP contribution is 2.39. The average molecular weight is 442 g/mol. The van der Waals surface area contributed by atoms with Crippen molar-refractivity contribution in [3.8, 4) is 22.6 Å². The Morgan fingerprint density at radius 2 is 1.75 bits per heavy atom. The van der Waals surface area contributed by atoms with Crippen molar-refractivity contribution in [2.24, 2.45) is 0 Å². The summed E-state index contributed by atoms with van der Waals surface area (Å²) in [6, 6.07) is 13.8. The van der Waals surface area contributed by atoms with Gasteiger partial charge >= 0.3 is 0 Å². The molecule has 28 heavy (non-hydrogen) atoms. The number of rotatable bonds is 2. The van der Waals surface area contributed by atoms with Gasteiger partial charge in [0.05, 0.1) is 0 Å². The number of hydrogen-bond donors (Lipinski definition) is 0. The standard InChI is InChI=1S/C22H17FNO3.BrH/c23-16-4-5-17-15(12-16)13-19(21(17)25)24-8-6-14(7-9-24)18-2-1-3-20-22(18)27-11-10-26-20;/h1-9,12,19H,10-11,13H2;1H/q+1;/p-1. The SMILES string of the molecule is O=C1c2ccc(F)cc2CC1[n+]1ccc(-c2cccc3c2OCCO3)cc1.[Br-]. The summed E-state index contributed by atoms with van der Waals surface area (Å²) in [5.74, 6) is 1.22. The van der Waals surface area contributed by atoms with E-state index in [2.05, 4.69) is 0 Å². The fourth-order valence-corrected chi connectivity index (χ4v) is 3.82. The number of para-hydroxylation sites is 1. The van der Waals surface area contributed by atoms with Gasteiger partial charge < -0.3 is 26.5 Å². The molecular formula is C22H17BrFNO3. The Labute approximate surface area is 172 Å². The minimum Gasteiger partial charge on any atom is -1.00 e. The first-order valence-corrected chi connectivity index (χ1v) is 8.93. The van der Waals surface area contributed by atoms with Crippen LogP contribution in [0.2, 0.25) is 0 Å². The second-order valence-corrected chi connectivity index (χ2v) is 6.75. The quantitative estimate of drug-likeness (QED) is 0.544. The lowest BCUT2D eigenvalue weighted by atomic mass is 10.0. The number of hydrogen-bond acceptors (Lipinski definition) is 3. The van der Waals surface area contributed by atoms with Crippen LogP contribution in [0.5, 0.6) is 11.5 Å². The molecule has 4 nitrogen and oxygen atoms in total. The van der Waals surface area contributed by atoms with E-state index in [1.807, 2.05) is 47.3 Å². The van der Waals surface area contributed by atoms with E-state index in [9.17, 15) is 9.18 Å². The van der Waals surface area contributed by atoms with Crippen molar-refractivity contribution in [2.75, 3.05) is 13.2 Å². The highest BCUT2D eigenvalue weighted by molar-refractivity contribution is 6.02. The van der Waals surface area contributed by atoms with Crippen molar-refractivity contribution in [1.29, 1.82) is 0 Å². The molecule has 0 saturated carbocycles. The lowest BCUT2D eigenvalue weighted by Crippen LogP contribution is -3.00. The van der Waals surface area contributed by atoms with Crippen molar-refractivity contribution in [1.82, 2.24) is 0 Å². The third-order valence-electron chi connectivity index (χ3n) is 5.14. The van der Waals surface area contributed by atoms with Gasteiger partial charge in [0.2, 0.25) is 11.8 Å². The predicted octanol–water partition coefficient (Wildman–Crippen LogP) is 0.535. The molecule has 0 N–H and O–H groups in total. The summed E-state index contributed by atoms with van der Waals surface area (Å²) in [6.45, 7) is 1.08. The van der Waals surface area contributed by atoms with Gasteiger partial charge in [-0.1, -0.05) is 12.1 Å². The number of pyridine rings is 1. The van der Waals surface area contributed by atoms with Gasteiger partial charge in [-0.15, -0.1) is 0 Å². The smallest absolute Gasteiger partial charge is 0.231 e.